The van der Waals surface area contributed by atoms with Crippen LogP contribution >= 0.6 is 0 Å². The number of aryl methyl sites for hydroxylation is 2. The fourth-order valence-corrected chi connectivity index (χ4v) is 3.25. The molecule has 1 N–H and O–H groups in total. The topological polar surface area (TPSA) is 55.6 Å². The van der Waals surface area contributed by atoms with Crippen LogP contribution in [0.3, 0.4) is 0 Å². The van der Waals surface area contributed by atoms with Crippen LogP contribution < -0.4 is 5.32 Å². The molecule has 4 rings (SSSR count). The summed E-state index contributed by atoms with van der Waals surface area (Å²) in [4.78, 5) is 0. The van der Waals surface area contributed by atoms with Gasteiger partial charge in [0.05, 0.1) is 0 Å². The molecule has 132 valence electrons. The Kier molecular flexibility index (Phi) is 4.07. The molecule has 0 radical (unpaired) electrons. The molecule has 0 fully saturated rings. The Balaban J connectivity index is 1.76. The molecular formula is C21H23N5. The van der Waals surface area contributed by atoms with Gasteiger partial charge in [0.15, 0.2) is 0 Å². The van der Waals surface area contributed by atoms with E-state index in [1.807, 2.05) is 4.68 Å². The number of benzene rings is 2. The van der Waals surface area contributed by atoms with Gasteiger partial charge in [-0.3, -0.25) is 0 Å². The van der Waals surface area contributed by atoms with Gasteiger partial charge < -0.3 is 5.32 Å². The standard InChI is InChI=1S/C21H23N5/c1-13(2)16-7-9-17(10-8-16)20-12-19(22-21-23-24-25-26(20)21)18-6-5-14(3)15(4)11-18/h5-13,20H,1-4H3,(H,22,23,25)/t20-/m0/s1. The lowest BCUT2D eigenvalue weighted by Crippen LogP contribution is -2.20. The minimum absolute atomic E-state index is 0.0286. The Labute approximate surface area is 153 Å². The Morgan fingerprint density at radius 1 is 1.00 bits per heavy atom. The molecule has 0 spiro atoms. The first kappa shape index (κ1) is 16.5. The molecule has 3 aromatic rings. The van der Waals surface area contributed by atoms with E-state index in [0.717, 1.165) is 11.3 Å². The minimum Gasteiger partial charge on any atom is -0.323 e. The summed E-state index contributed by atoms with van der Waals surface area (Å²) in [5.74, 6) is 1.18. The first-order chi connectivity index (χ1) is 12.5. The summed E-state index contributed by atoms with van der Waals surface area (Å²) in [5.41, 5.74) is 7.24. The van der Waals surface area contributed by atoms with Crippen molar-refractivity contribution in [2.24, 2.45) is 0 Å². The number of hydrogen-bond donors (Lipinski definition) is 1. The fourth-order valence-electron chi connectivity index (χ4n) is 3.25. The third-order valence-electron chi connectivity index (χ3n) is 5.09. The fraction of sp³-hybridized carbons (Fsp3) is 0.286. The van der Waals surface area contributed by atoms with Gasteiger partial charge in [0.25, 0.3) is 0 Å². The van der Waals surface area contributed by atoms with Gasteiger partial charge in [0.2, 0.25) is 5.95 Å². The highest BCUT2D eigenvalue weighted by Gasteiger charge is 2.24. The second kappa shape index (κ2) is 6.41. The highest BCUT2D eigenvalue weighted by atomic mass is 15.6. The summed E-state index contributed by atoms with van der Waals surface area (Å²) >= 11 is 0. The number of nitrogens with zero attached hydrogens (tertiary/aromatic N) is 4. The molecule has 0 saturated carbocycles. The van der Waals surface area contributed by atoms with E-state index in [9.17, 15) is 0 Å². The molecule has 1 aliphatic heterocycles. The van der Waals surface area contributed by atoms with Crippen molar-refractivity contribution in [3.8, 4) is 0 Å². The lowest BCUT2D eigenvalue weighted by molar-refractivity contribution is 0.585. The van der Waals surface area contributed by atoms with Crippen LogP contribution in [0.15, 0.2) is 48.5 Å². The normalized spacial score (nSPS) is 16.2. The maximum Gasteiger partial charge on any atom is 0.248 e. The molecule has 0 aliphatic carbocycles. The quantitative estimate of drug-likeness (QED) is 0.761. The number of anilines is 1. The maximum atomic E-state index is 4.18. The summed E-state index contributed by atoms with van der Waals surface area (Å²) in [5, 5.41) is 15.5. The van der Waals surface area contributed by atoms with E-state index in [2.05, 4.69) is 97.1 Å². The highest BCUT2D eigenvalue weighted by molar-refractivity contribution is 5.77. The minimum atomic E-state index is -0.0286. The van der Waals surface area contributed by atoms with Crippen LogP contribution in [0.5, 0.6) is 0 Å². The van der Waals surface area contributed by atoms with Gasteiger partial charge in [-0.15, -0.1) is 0 Å². The van der Waals surface area contributed by atoms with Crippen LogP contribution in [0.1, 0.15) is 53.6 Å². The average Bonchev–Trinajstić information content (AvgIpc) is 3.12. The second-order valence-electron chi connectivity index (χ2n) is 7.22. The van der Waals surface area contributed by atoms with Crippen molar-refractivity contribution >= 4 is 11.6 Å². The molecule has 0 unspecified atom stereocenters. The van der Waals surface area contributed by atoms with Crippen LogP contribution in [-0.2, 0) is 0 Å². The number of allylic oxidation sites excluding steroid dienone is 1. The third kappa shape index (κ3) is 2.90. The van der Waals surface area contributed by atoms with Crippen molar-refractivity contribution in [3.05, 3.63) is 76.4 Å². The van der Waals surface area contributed by atoms with Crippen molar-refractivity contribution in [3.63, 3.8) is 0 Å². The van der Waals surface area contributed by atoms with E-state index in [4.69, 9.17) is 0 Å². The van der Waals surface area contributed by atoms with Gasteiger partial charge in [-0.25, -0.2) is 0 Å². The number of nitrogens with one attached hydrogen (secondary N) is 1. The van der Waals surface area contributed by atoms with Crippen molar-refractivity contribution in [2.75, 3.05) is 5.32 Å². The molecule has 5 heteroatoms. The monoisotopic (exact) mass is 345 g/mol. The van der Waals surface area contributed by atoms with Crippen LogP contribution in [-0.4, -0.2) is 20.2 Å². The Hall–Kier alpha value is -2.95. The predicted octanol–water partition coefficient (Wildman–Crippen LogP) is 4.47. The first-order valence-electron chi connectivity index (χ1n) is 8.97. The van der Waals surface area contributed by atoms with Gasteiger partial charge >= 0.3 is 0 Å². The zero-order valence-electron chi connectivity index (χ0n) is 15.6. The van der Waals surface area contributed by atoms with E-state index in [0.29, 0.717) is 11.9 Å². The zero-order chi connectivity index (χ0) is 18.3. The van der Waals surface area contributed by atoms with Gasteiger partial charge in [-0.2, -0.15) is 4.68 Å². The molecule has 0 bridgehead atoms. The van der Waals surface area contributed by atoms with Crippen LogP contribution in [0.25, 0.3) is 5.70 Å². The van der Waals surface area contributed by atoms with E-state index in [1.165, 1.54) is 22.3 Å². The molecule has 2 heterocycles. The SMILES string of the molecule is Cc1ccc(C2=C[C@@H](c3ccc(C(C)C)cc3)n3nnnc3N2)cc1C. The predicted molar refractivity (Wildman–Crippen MR) is 104 cm³/mol. The molecule has 0 amide bonds. The average molecular weight is 345 g/mol. The maximum absolute atomic E-state index is 4.18. The summed E-state index contributed by atoms with van der Waals surface area (Å²) in [6.45, 7) is 8.67. The number of hydrogen-bond acceptors (Lipinski definition) is 4. The number of fused-ring (bicyclic) bond motifs is 1. The lowest BCUT2D eigenvalue weighted by atomic mass is 9.96. The van der Waals surface area contributed by atoms with Crippen molar-refractivity contribution < 1.29 is 0 Å². The molecule has 5 nitrogen and oxygen atoms in total. The second-order valence-corrected chi connectivity index (χ2v) is 7.22. The van der Waals surface area contributed by atoms with Crippen LogP contribution in [0, 0.1) is 13.8 Å². The van der Waals surface area contributed by atoms with Crippen molar-refractivity contribution in [1.82, 2.24) is 20.2 Å². The molecule has 1 aromatic heterocycles. The third-order valence-corrected chi connectivity index (χ3v) is 5.09. The van der Waals surface area contributed by atoms with Crippen LogP contribution in [0.2, 0.25) is 0 Å². The molecule has 1 atom stereocenters. The number of rotatable bonds is 3. The Bertz CT molecular complexity index is 966. The zero-order valence-corrected chi connectivity index (χ0v) is 15.6. The molecule has 1 aliphatic rings. The summed E-state index contributed by atoms with van der Waals surface area (Å²) in [7, 11) is 0. The van der Waals surface area contributed by atoms with E-state index < -0.39 is 0 Å². The molecule has 26 heavy (non-hydrogen) atoms. The summed E-state index contributed by atoms with van der Waals surface area (Å²) in [6, 6.07) is 15.2. The number of tetrazole rings is 1. The van der Waals surface area contributed by atoms with E-state index >= 15 is 0 Å². The summed E-state index contributed by atoms with van der Waals surface area (Å²) < 4.78 is 1.83. The molecule has 0 saturated heterocycles. The number of aromatic nitrogens is 4. The van der Waals surface area contributed by atoms with Gasteiger partial charge in [-0.1, -0.05) is 55.3 Å². The van der Waals surface area contributed by atoms with Gasteiger partial charge in [-0.05, 0) is 70.2 Å². The van der Waals surface area contributed by atoms with Crippen LogP contribution in [0.4, 0.5) is 5.95 Å². The molecular weight excluding hydrogens is 322 g/mol. The van der Waals surface area contributed by atoms with Gasteiger partial charge in [0, 0.05) is 5.70 Å². The smallest absolute Gasteiger partial charge is 0.248 e. The summed E-state index contributed by atoms with van der Waals surface area (Å²) in [6.07, 6.45) is 2.19. The van der Waals surface area contributed by atoms with Gasteiger partial charge in [0.1, 0.15) is 6.04 Å². The highest BCUT2D eigenvalue weighted by Crippen LogP contribution is 2.32. The van der Waals surface area contributed by atoms with Crippen molar-refractivity contribution in [1.29, 1.82) is 0 Å². The van der Waals surface area contributed by atoms with E-state index in [-0.39, 0.29) is 6.04 Å². The first-order valence-corrected chi connectivity index (χ1v) is 8.97. The lowest BCUT2D eigenvalue weighted by Gasteiger charge is -2.24. The Morgan fingerprint density at radius 2 is 1.77 bits per heavy atom. The molecule has 2 aromatic carbocycles. The van der Waals surface area contributed by atoms with Crippen molar-refractivity contribution in [2.45, 2.75) is 39.7 Å². The Morgan fingerprint density at radius 3 is 2.46 bits per heavy atom. The largest absolute Gasteiger partial charge is 0.323 e. The van der Waals surface area contributed by atoms with E-state index in [1.54, 1.807) is 0 Å².